The first-order valence-corrected chi connectivity index (χ1v) is 7.39. The van der Waals surface area contributed by atoms with Crippen molar-refractivity contribution >= 4 is 29.9 Å². The van der Waals surface area contributed by atoms with Gasteiger partial charge in [-0.3, -0.25) is 4.79 Å². The van der Waals surface area contributed by atoms with Crippen molar-refractivity contribution in [3.8, 4) is 0 Å². The maximum Gasteiger partial charge on any atom is 0.236 e. The molecule has 0 aromatic heterocycles. The third-order valence-electron chi connectivity index (χ3n) is 3.37. The van der Waals surface area contributed by atoms with Crippen molar-refractivity contribution in [1.29, 1.82) is 0 Å². The second kappa shape index (κ2) is 8.62. The third-order valence-corrected chi connectivity index (χ3v) is 3.61. The molecule has 3 N–H and O–H groups in total. The summed E-state index contributed by atoms with van der Waals surface area (Å²) in [5.74, 6) is 0.325. The van der Waals surface area contributed by atoms with Crippen LogP contribution < -0.4 is 11.1 Å². The van der Waals surface area contributed by atoms with Crippen molar-refractivity contribution < 1.29 is 4.79 Å². The van der Waals surface area contributed by atoms with Crippen LogP contribution in [0.2, 0.25) is 5.02 Å². The van der Waals surface area contributed by atoms with E-state index in [1.165, 1.54) is 0 Å². The van der Waals surface area contributed by atoms with E-state index in [2.05, 4.69) is 33.0 Å². The predicted octanol–water partition coefficient (Wildman–Crippen LogP) is 3.53. The van der Waals surface area contributed by atoms with Crippen LogP contribution in [-0.4, -0.2) is 18.5 Å². The summed E-state index contributed by atoms with van der Waals surface area (Å²) in [7, 11) is 0. The van der Waals surface area contributed by atoms with Gasteiger partial charge in [-0.05, 0) is 30.0 Å². The molecule has 0 radical (unpaired) electrons. The van der Waals surface area contributed by atoms with Gasteiger partial charge in [0.05, 0.1) is 6.04 Å². The first kappa shape index (κ1) is 20.2. The topological polar surface area (TPSA) is 55.1 Å². The molecule has 5 heteroatoms. The molecule has 0 heterocycles. The number of halogens is 2. The minimum Gasteiger partial charge on any atom is -0.354 e. The third kappa shape index (κ3) is 6.68. The summed E-state index contributed by atoms with van der Waals surface area (Å²) in [5, 5.41) is 3.65. The maximum absolute atomic E-state index is 12.0. The Morgan fingerprint density at radius 3 is 2.52 bits per heavy atom. The van der Waals surface area contributed by atoms with Crippen molar-refractivity contribution in [2.75, 3.05) is 6.54 Å². The van der Waals surface area contributed by atoms with Crippen LogP contribution in [0.25, 0.3) is 0 Å². The molecule has 0 fully saturated rings. The molecule has 0 aliphatic carbocycles. The van der Waals surface area contributed by atoms with Gasteiger partial charge < -0.3 is 11.1 Å². The number of carbonyl (C=O) groups excluding carboxylic acids is 1. The smallest absolute Gasteiger partial charge is 0.236 e. The SMILES string of the molecule is CC(C)C[C@H](N)C(=O)NCC(C)(C)c1cccc(Cl)c1.Cl. The normalized spacial score (nSPS) is 12.7. The summed E-state index contributed by atoms with van der Waals surface area (Å²) < 4.78 is 0. The zero-order valence-corrected chi connectivity index (χ0v) is 14.7. The molecule has 3 nitrogen and oxygen atoms in total. The minimum absolute atomic E-state index is 0. The Hall–Kier alpha value is -0.770. The molecule has 0 spiro atoms. The number of hydrogen-bond acceptors (Lipinski definition) is 2. The lowest BCUT2D eigenvalue weighted by molar-refractivity contribution is -0.122. The van der Waals surface area contributed by atoms with Gasteiger partial charge in [0.2, 0.25) is 5.91 Å². The highest BCUT2D eigenvalue weighted by atomic mass is 35.5. The van der Waals surface area contributed by atoms with Crippen molar-refractivity contribution in [3.05, 3.63) is 34.9 Å². The van der Waals surface area contributed by atoms with Crippen LogP contribution in [0.1, 0.15) is 39.7 Å². The number of carbonyl (C=O) groups is 1. The second-order valence-corrected chi connectivity index (χ2v) is 6.78. The Morgan fingerprint density at radius 2 is 2.00 bits per heavy atom. The quantitative estimate of drug-likeness (QED) is 0.837. The molecule has 1 rings (SSSR count). The summed E-state index contributed by atoms with van der Waals surface area (Å²) in [6, 6.07) is 7.28. The predicted molar refractivity (Wildman–Crippen MR) is 92.2 cm³/mol. The molecule has 0 bridgehead atoms. The number of amides is 1. The molecule has 120 valence electrons. The Morgan fingerprint density at radius 1 is 1.38 bits per heavy atom. The highest BCUT2D eigenvalue weighted by Crippen LogP contribution is 2.24. The highest BCUT2D eigenvalue weighted by Gasteiger charge is 2.23. The van der Waals surface area contributed by atoms with E-state index in [-0.39, 0.29) is 23.7 Å². The van der Waals surface area contributed by atoms with Crippen molar-refractivity contribution in [1.82, 2.24) is 5.32 Å². The minimum atomic E-state index is -0.440. The average Bonchev–Trinajstić information content (AvgIpc) is 2.35. The first-order valence-electron chi connectivity index (χ1n) is 7.01. The lowest BCUT2D eigenvalue weighted by Crippen LogP contribution is -2.45. The standard InChI is InChI=1S/C16H25ClN2O.ClH/c1-11(2)8-14(18)15(20)19-10-16(3,4)12-6-5-7-13(17)9-12;/h5-7,9,11,14H,8,10,18H2,1-4H3,(H,19,20);1H/t14-;/m0./s1. The van der Waals surface area contributed by atoms with Crippen molar-refractivity contribution in [2.45, 2.75) is 45.6 Å². The molecule has 0 aliphatic heterocycles. The van der Waals surface area contributed by atoms with Crippen LogP contribution in [-0.2, 0) is 10.2 Å². The van der Waals surface area contributed by atoms with E-state index < -0.39 is 6.04 Å². The average molecular weight is 333 g/mol. The fourth-order valence-corrected chi connectivity index (χ4v) is 2.26. The molecule has 0 saturated heterocycles. The highest BCUT2D eigenvalue weighted by molar-refractivity contribution is 6.30. The number of benzene rings is 1. The Bertz CT molecular complexity index is 461. The van der Waals surface area contributed by atoms with Gasteiger partial charge >= 0.3 is 0 Å². The van der Waals surface area contributed by atoms with Gasteiger partial charge in [-0.15, -0.1) is 12.4 Å². The second-order valence-electron chi connectivity index (χ2n) is 6.35. The van der Waals surface area contributed by atoms with Gasteiger partial charge in [0.15, 0.2) is 0 Å². The van der Waals surface area contributed by atoms with E-state index in [1.807, 2.05) is 24.3 Å². The van der Waals surface area contributed by atoms with E-state index in [9.17, 15) is 4.79 Å². The summed E-state index contributed by atoms with van der Waals surface area (Å²) >= 11 is 6.01. The number of rotatable bonds is 6. The molecule has 1 amide bonds. The number of nitrogens with one attached hydrogen (secondary N) is 1. The Kier molecular flexibility index (Phi) is 8.30. The maximum atomic E-state index is 12.0. The molecular formula is C16H26Cl2N2O. The van der Waals surface area contributed by atoms with Gasteiger partial charge in [0.1, 0.15) is 0 Å². The lowest BCUT2D eigenvalue weighted by Gasteiger charge is -2.27. The Balaban J connectivity index is 0.00000400. The van der Waals surface area contributed by atoms with Crippen LogP contribution in [0.5, 0.6) is 0 Å². The fourth-order valence-electron chi connectivity index (χ4n) is 2.07. The van der Waals surface area contributed by atoms with E-state index in [4.69, 9.17) is 17.3 Å². The van der Waals surface area contributed by atoms with E-state index in [0.717, 1.165) is 5.56 Å². The molecule has 1 aromatic rings. The monoisotopic (exact) mass is 332 g/mol. The van der Waals surface area contributed by atoms with Crippen LogP contribution in [0.3, 0.4) is 0 Å². The van der Waals surface area contributed by atoms with Crippen LogP contribution >= 0.6 is 24.0 Å². The molecule has 1 atom stereocenters. The van der Waals surface area contributed by atoms with Gasteiger partial charge in [0, 0.05) is 17.0 Å². The Labute approximate surface area is 139 Å². The first-order chi connectivity index (χ1) is 9.22. The molecule has 0 unspecified atom stereocenters. The van der Waals surface area contributed by atoms with Crippen LogP contribution in [0.15, 0.2) is 24.3 Å². The van der Waals surface area contributed by atoms with E-state index in [0.29, 0.717) is 23.9 Å². The number of hydrogen-bond donors (Lipinski definition) is 2. The van der Waals surface area contributed by atoms with Crippen molar-refractivity contribution in [2.24, 2.45) is 11.7 Å². The number of nitrogens with two attached hydrogens (primary N) is 1. The van der Waals surface area contributed by atoms with Gasteiger partial charge in [0.25, 0.3) is 0 Å². The fraction of sp³-hybridized carbons (Fsp3) is 0.562. The zero-order chi connectivity index (χ0) is 15.3. The van der Waals surface area contributed by atoms with Gasteiger partial charge in [-0.25, -0.2) is 0 Å². The van der Waals surface area contributed by atoms with Gasteiger partial charge in [-0.2, -0.15) is 0 Å². The lowest BCUT2D eigenvalue weighted by atomic mass is 9.84. The van der Waals surface area contributed by atoms with Crippen LogP contribution in [0.4, 0.5) is 0 Å². The zero-order valence-electron chi connectivity index (χ0n) is 13.2. The molecule has 0 saturated carbocycles. The molecular weight excluding hydrogens is 307 g/mol. The van der Waals surface area contributed by atoms with Crippen LogP contribution in [0, 0.1) is 5.92 Å². The molecule has 0 aliphatic rings. The van der Waals surface area contributed by atoms with E-state index >= 15 is 0 Å². The summed E-state index contributed by atoms with van der Waals surface area (Å²) in [5.41, 5.74) is 6.79. The van der Waals surface area contributed by atoms with Gasteiger partial charge in [-0.1, -0.05) is 51.4 Å². The largest absolute Gasteiger partial charge is 0.354 e. The van der Waals surface area contributed by atoms with E-state index in [1.54, 1.807) is 0 Å². The van der Waals surface area contributed by atoms with Crippen molar-refractivity contribution in [3.63, 3.8) is 0 Å². The summed E-state index contributed by atoms with van der Waals surface area (Å²) in [6.07, 6.45) is 0.698. The molecule has 1 aromatic carbocycles. The summed E-state index contributed by atoms with van der Waals surface area (Å²) in [4.78, 5) is 12.0. The molecule has 21 heavy (non-hydrogen) atoms. The summed E-state index contributed by atoms with van der Waals surface area (Å²) in [6.45, 7) is 8.81.